The molecule has 4 N–H and O–H groups in total. The first-order valence-electron chi connectivity index (χ1n) is 16.7. The summed E-state index contributed by atoms with van der Waals surface area (Å²) in [5.41, 5.74) is 4.10. The molecule has 6 atom stereocenters. The zero-order valence-corrected chi connectivity index (χ0v) is 28.6. The second-order valence-corrected chi connectivity index (χ2v) is 13.3. The molecule has 0 saturated heterocycles. The Labute approximate surface area is 285 Å². The number of rotatable bonds is 10. The molecule has 2 aliphatic rings. The van der Waals surface area contributed by atoms with E-state index < -0.39 is 0 Å². The van der Waals surface area contributed by atoms with Crippen molar-refractivity contribution in [3.63, 3.8) is 0 Å². The minimum atomic E-state index is 0.136. The van der Waals surface area contributed by atoms with E-state index >= 15 is 0 Å². The molecule has 9 heteroatoms. The molecule has 5 rings (SSSR count). The molecular formula is C37H47N7S2. The Morgan fingerprint density at radius 2 is 1.04 bits per heavy atom. The van der Waals surface area contributed by atoms with E-state index in [1.54, 1.807) is 0 Å². The van der Waals surface area contributed by atoms with Crippen molar-refractivity contribution in [1.29, 1.82) is 0 Å². The average Bonchev–Trinajstić information content (AvgIpc) is 3.08. The van der Waals surface area contributed by atoms with E-state index in [0.717, 1.165) is 37.1 Å². The molecule has 0 amide bonds. The number of nitrogens with one attached hydrogen (secondary N) is 4. The van der Waals surface area contributed by atoms with Crippen molar-refractivity contribution < 1.29 is 0 Å². The summed E-state index contributed by atoms with van der Waals surface area (Å²) in [6.45, 7) is 4.26. The Morgan fingerprint density at radius 1 is 0.630 bits per heavy atom. The third kappa shape index (κ3) is 10.2. The lowest BCUT2D eigenvalue weighted by atomic mass is 9.91. The first-order chi connectivity index (χ1) is 22.4. The molecule has 242 valence electrons. The predicted octanol–water partition coefficient (Wildman–Crippen LogP) is 6.99. The van der Waals surface area contributed by atoms with Crippen molar-refractivity contribution in [1.82, 2.24) is 26.3 Å². The van der Waals surface area contributed by atoms with Crippen LogP contribution in [0.2, 0.25) is 0 Å². The van der Waals surface area contributed by atoms with Gasteiger partial charge in [-0.05, 0) is 87.2 Å². The van der Waals surface area contributed by atoms with Crippen molar-refractivity contribution in [2.45, 2.75) is 101 Å². The summed E-state index contributed by atoms with van der Waals surface area (Å²) in [6, 6.07) is 27.7. The third-order valence-corrected chi connectivity index (χ3v) is 9.45. The molecule has 46 heavy (non-hydrogen) atoms. The fourth-order valence-corrected chi connectivity index (χ4v) is 6.99. The second kappa shape index (κ2) is 17.3. The Balaban J connectivity index is 1.15. The maximum atomic E-state index is 5.70. The highest BCUT2D eigenvalue weighted by atomic mass is 32.1. The van der Waals surface area contributed by atoms with E-state index in [1.807, 2.05) is 42.8 Å². The van der Waals surface area contributed by atoms with Crippen LogP contribution in [0.4, 0.5) is 0 Å². The number of pyridine rings is 1. The van der Waals surface area contributed by atoms with Crippen LogP contribution < -0.4 is 21.3 Å². The van der Waals surface area contributed by atoms with Gasteiger partial charge < -0.3 is 21.3 Å². The molecule has 0 bridgehead atoms. The minimum Gasteiger partial charge on any atom is -0.358 e. The highest BCUT2D eigenvalue weighted by Gasteiger charge is 2.26. The second-order valence-electron chi connectivity index (χ2n) is 12.5. The molecule has 0 unspecified atom stereocenters. The van der Waals surface area contributed by atoms with Gasteiger partial charge in [0.05, 0.1) is 47.6 Å². The molecule has 2 aliphatic carbocycles. The van der Waals surface area contributed by atoms with E-state index in [1.165, 1.54) is 36.8 Å². The Bertz CT molecular complexity index is 1360. The van der Waals surface area contributed by atoms with Crippen LogP contribution >= 0.6 is 24.4 Å². The van der Waals surface area contributed by atoms with Crippen LogP contribution in [0.15, 0.2) is 88.8 Å². The number of aliphatic imine (C=N–C) groups is 2. The normalized spacial score (nSPS) is 23.0. The lowest BCUT2D eigenvalue weighted by Crippen LogP contribution is -2.48. The van der Waals surface area contributed by atoms with Crippen LogP contribution in [0.1, 0.15) is 99.8 Å². The van der Waals surface area contributed by atoms with Gasteiger partial charge in [-0.15, -0.1) is 0 Å². The molecule has 2 fully saturated rings. The lowest BCUT2D eigenvalue weighted by molar-refractivity contribution is 0.361. The van der Waals surface area contributed by atoms with Crippen molar-refractivity contribution in [2.75, 3.05) is 0 Å². The molecule has 2 saturated carbocycles. The van der Waals surface area contributed by atoms with Crippen molar-refractivity contribution in [3.8, 4) is 0 Å². The molecule has 2 aromatic carbocycles. The van der Waals surface area contributed by atoms with Gasteiger partial charge in [0, 0.05) is 12.4 Å². The van der Waals surface area contributed by atoms with Gasteiger partial charge in [0.2, 0.25) is 0 Å². The molecule has 0 radical (unpaired) electrons. The smallest absolute Gasteiger partial charge is 0.167 e. The number of aromatic nitrogens is 1. The summed E-state index contributed by atoms with van der Waals surface area (Å²) in [4.78, 5) is 14.8. The maximum Gasteiger partial charge on any atom is 0.167 e. The van der Waals surface area contributed by atoms with Gasteiger partial charge in [-0.25, -0.2) is 4.98 Å². The standard InChI is InChI=1S/C37H47N7S2/c1-26(28-14-5-3-6-15-28)40-36(45)43-34-22-11-9-20-32(34)38-24-30-18-13-19-31(42-30)25-39-33-21-10-12-23-35(33)44-37(46)41-27(2)29-16-7-4-8-17-29/h3-8,13-19,24-27,32-35H,9-12,20-23H2,1-2H3,(H2,40,43,45)(H2,41,44,46)/t26-,27-,32+,33+,34+,35+/m1/s1. The Hall–Kier alpha value is -3.69. The molecule has 0 spiro atoms. The Morgan fingerprint density at radius 3 is 1.48 bits per heavy atom. The first-order valence-corrected chi connectivity index (χ1v) is 17.5. The predicted molar refractivity (Wildman–Crippen MR) is 199 cm³/mol. The molecule has 7 nitrogen and oxygen atoms in total. The minimum absolute atomic E-state index is 0.136. The summed E-state index contributed by atoms with van der Waals surface area (Å²) in [7, 11) is 0. The summed E-state index contributed by atoms with van der Waals surface area (Å²) in [6.07, 6.45) is 12.7. The summed E-state index contributed by atoms with van der Waals surface area (Å²) in [5.74, 6) is 0. The van der Waals surface area contributed by atoms with E-state index in [2.05, 4.69) is 83.6 Å². The van der Waals surface area contributed by atoms with Gasteiger partial charge in [0.15, 0.2) is 10.2 Å². The molecule has 3 aromatic rings. The lowest BCUT2D eigenvalue weighted by Gasteiger charge is -2.31. The van der Waals surface area contributed by atoms with Gasteiger partial charge >= 0.3 is 0 Å². The average molecular weight is 654 g/mol. The number of benzene rings is 2. The molecule has 1 aromatic heterocycles. The zero-order valence-electron chi connectivity index (χ0n) is 26.9. The maximum absolute atomic E-state index is 5.70. The summed E-state index contributed by atoms with van der Waals surface area (Å²) < 4.78 is 0. The van der Waals surface area contributed by atoms with Crippen LogP contribution in [0.25, 0.3) is 0 Å². The van der Waals surface area contributed by atoms with E-state index in [9.17, 15) is 0 Å². The fraction of sp³-hybridized carbons (Fsp3) is 0.432. The largest absolute Gasteiger partial charge is 0.358 e. The number of nitrogens with zero attached hydrogens (tertiary/aromatic N) is 3. The summed E-state index contributed by atoms with van der Waals surface area (Å²) >= 11 is 11.4. The van der Waals surface area contributed by atoms with E-state index in [4.69, 9.17) is 39.4 Å². The highest BCUT2D eigenvalue weighted by molar-refractivity contribution is 7.80. The monoisotopic (exact) mass is 653 g/mol. The van der Waals surface area contributed by atoms with Crippen molar-refractivity contribution in [3.05, 3.63) is 101 Å². The van der Waals surface area contributed by atoms with Crippen LogP contribution in [-0.2, 0) is 0 Å². The molecular weight excluding hydrogens is 607 g/mol. The van der Waals surface area contributed by atoms with Gasteiger partial charge in [-0.1, -0.05) is 92.4 Å². The fourth-order valence-electron chi connectivity index (χ4n) is 6.34. The molecule has 0 aliphatic heterocycles. The van der Waals surface area contributed by atoms with Gasteiger partial charge in [0.1, 0.15) is 0 Å². The number of hydrogen-bond acceptors (Lipinski definition) is 5. The van der Waals surface area contributed by atoms with Gasteiger partial charge in [-0.2, -0.15) is 0 Å². The van der Waals surface area contributed by atoms with Gasteiger partial charge in [-0.3, -0.25) is 9.98 Å². The van der Waals surface area contributed by atoms with Crippen LogP contribution in [0.3, 0.4) is 0 Å². The van der Waals surface area contributed by atoms with Crippen LogP contribution in [-0.4, -0.2) is 51.8 Å². The third-order valence-electron chi connectivity index (χ3n) is 8.98. The van der Waals surface area contributed by atoms with Gasteiger partial charge in [0.25, 0.3) is 0 Å². The SMILES string of the molecule is C[C@@H](NC(=S)N[C@H]1CCCC[C@@H]1N=Cc1cccc(C=N[C@H]2CCCC[C@@H]2NC(=S)N[C@H](C)c2ccccc2)n1)c1ccccc1. The molecule has 1 heterocycles. The van der Waals surface area contributed by atoms with Crippen LogP contribution in [0.5, 0.6) is 0 Å². The zero-order chi connectivity index (χ0) is 32.1. The van der Waals surface area contributed by atoms with E-state index in [-0.39, 0.29) is 36.3 Å². The topological polar surface area (TPSA) is 85.7 Å². The van der Waals surface area contributed by atoms with Crippen LogP contribution in [0, 0.1) is 0 Å². The number of thiocarbonyl (C=S) groups is 2. The highest BCUT2D eigenvalue weighted by Crippen LogP contribution is 2.23. The summed E-state index contributed by atoms with van der Waals surface area (Å²) in [5, 5.41) is 15.3. The number of hydrogen-bond donors (Lipinski definition) is 4. The quantitative estimate of drug-likeness (QED) is 0.139. The Kier molecular flexibility index (Phi) is 12.7. The van der Waals surface area contributed by atoms with Crippen molar-refractivity contribution >= 4 is 47.1 Å². The van der Waals surface area contributed by atoms with E-state index in [0.29, 0.717) is 10.2 Å². The first kappa shape index (κ1) is 33.7. The van der Waals surface area contributed by atoms with Crippen molar-refractivity contribution in [2.24, 2.45) is 9.98 Å².